The molecule has 0 saturated carbocycles. The van der Waals surface area contributed by atoms with Crippen molar-refractivity contribution in [3.63, 3.8) is 0 Å². The second kappa shape index (κ2) is 14.1. The van der Waals surface area contributed by atoms with Crippen LogP contribution >= 0.6 is 0 Å². The summed E-state index contributed by atoms with van der Waals surface area (Å²) in [6.45, 7) is 5.61. The fraction of sp³-hybridized carbons (Fsp3) is 0.344. The summed E-state index contributed by atoms with van der Waals surface area (Å²) in [7, 11) is 0. The monoisotopic (exact) mass is 514 g/mol. The van der Waals surface area contributed by atoms with Crippen molar-refractivity contribution in [3.05, 3.63) is 90.5 Å². The molecule has 0 bridgehead atoms. The second-order valence-corrected chi connectivity index (χ2v) is 10.3. The Kier molecular flexibility index (Phi) is 10.6. The number of carbonyl (C=O) groups excluding carboxylic acids is 2. The summed E-state index contributed by atoms with van der Waals surface area (Å²) in [5.41, 5.74) is 3.99. The minimum atomic E-state index is -0.935. The van der Waals surface area contributed by atoms with E-state index in [-0.39, 0.29) is 24.2 Å². The fourth-order valence-corrected chi connectivity index (χ4v) is 4.46. The van der Waals surface area contributed by atoms with Crippen molar-refractivity contribution in [2.45, 2.75) is 52.5 Å². The van der Waals surface area contributed by atoms with Crippen LogP contribution < -0.4 is 10.6 Å². The van der Waals surface area contributed by atoms with Crippen LogP contribution in [0.4, 0.5) is 5.69 Å². The average Bonchev–Trinajstić information content (AvgIpc) is 2.91. The first-order valence-corrected chi connectivity index (χ1v) is 13.3. The maximum atomic E-state index is 13.4. The molecule has 3 atom stereocenters. The summed E-state index contributed by atoms with van der Waals surface area (Å²) in [5, 5.41) is 15.3. The van der Waals surface area contributed by atoms with E-state index in [2.05, 4.69) is 34.9 Å². The topological polar surface area (TPSA) is 95.5 Å². The molecule has 3 aromatic carbocycles. The lowest BCUT2D eigenvalue weighted by atomic mass is 9.89. The van der Waals surface area contributed by atoms with Crippen LogP contribution in [0.5, 0.6) is 0 Å². The number of benzene rings is 3. The van der Waals surface area contributed by atoms with Crippen molar-refractivity contribution in [1.82, 2.24) is 5.32 Å². The van der Waals surface area contributed by atoms with E-state index in [4.69, 9.17) is 0 Å². The average molecular weight is 515 g/mol. The van der Waals surface area contributed by atoms with Gasteiger partial charge in [0.1, 0.15) is 6.04 Å². The van der Waals surface area contributed by atoms with E-state index in [1.807, 2.05) is 62.4 Å². The molecule has 38 heavy (non-hydrogen) atoms. The largest absolute Gasteiger partial charge is 0.481 e. The van der Waals surface area contributed by atoms with Gasteiger partial charge in [0.15, 0.2) is 0 Å². The molecular formula is C32H38N2O4. The van der Waals surface area contributed by atoms with Gasteiger partial charge in [-0.15, -0.1) is 0 Å². The molecule has 0 saturated heterocycles. The Morgan fingerprint density at radius 2 is 1.32 bits per heavy atom. The van der Waals surface area contributed by atoms with E-state index < -0.39 is 23.8 Å². The van der Waals surface area contributed by atoms with Gasteiger partial charge in [0.05, 0.1) is 5.92 Å². The van der Waals surface area contributed by atoms with Crippen molar-refractivity contribution < 1.29 is 19.5 Å². The van der Waals surface area contributed by atoms with Gasteiger partial charge < -0.3 is 15.7 Å². The van der Waals surface area contributed by atoms with Gasteiger partial charge in [0, 0.05) is 11.6 Å². The number of rotatable bonds is 13. The zero-order chi connectivity index (χ0) is 27.5. The number of carboxylic acid groups (broad SMARTS) is 1. The van der Waals surface area contributed by atoms with E-state index in [0.29, 0.717) is 24.9 Å². The maximum Gasteiger partial charge on any atom is 0.306 e. The van der Waals surface area contributed by atoms with Crippen LogP contribution in [0.2, 0.25) is 0 Å². The number of aliphatic carboxylic acids is 1. The molecule has 0 heterocycles. The summed E-state index contributed by atoms with van der Waals surface area (Å²) in [6, 6.07) is 26.8. The third-order valence-corrected chi connectivity index (χ3v) is 6.65. The molecule has 3 aromatic rings. The summed E-state index contributed by atoms with van der Waals surface area (Å²) in [4.78, 5) is 38.1. The first kappa shape index (κ1) is 28.6. The van der Waals surface area contributed by atoms with E-state index >= 15 is 0 Å². The highest BCUT2D eigenvalue weighted by molar-refractivity contribution is 5.97. The lowest BCUT2D eigenvalue weighted by Crippen LogP contribution is -2.47. The second-order valence-electron chi connectivity index (χ2n) is 10.3. The molecule has 3 N–H and O–H groups in total. The number of carbonyl (C=O) groups is 3. The molecule has 0 spiro atoms. The van der Waals surface area contributed by atoms with Gasteiger partial charge >= 0.3 is 5.97 Å². The van der Waals surface area contributed by atoms with Crippen LogP contribution in [0.3, 0.4) is 0 Å². The molecule has 6 heteroatoms. The molecule has 200 valence electrons. The molecule has 0 fully saturated rings. The Hall–Kier alpha value is -3.93. The highest BCUT2D eigenvalue weighted by Gasteiger charge is 2.29. The quantitative estimate of drug-likeness (QED) is 0.254. The van der Waals surface area contributed by atoms with Crippen LogP contribution in [-0.2, 0) is 20.8 Å². The van der Waals surface area contributed by atoms with E-state index in [9.17, 15) is 19.5 Å². The highest BCUT2D eigenvalue weighted by atomic mass is 16.4. The first-order valence-electron chi connectivity index (χ1n) is 13.3. The number of aryl methyl sites for hydroxylation is 1. The highest BCUT2D eigenvalue weighted by Crippen LogP contribution is 2.23. The number of hydrogen-bond acceptors (Lipinski definition) is 3. The van der Waals surface area contributed by atoms with Gasteiger partial charge in [-0.3, -0.25) is 14.4 Å². The van der Waals surface area contributed by atoms with Gasteiger partial charge in [-0.05, 0) is 60.4 Å². The molecule has 0 aliphatic heterocycles. The maximum absolute atomic E-state index is 13.4. The molecule has 6 nitrogen and oxygen atoms in total. The van der Waals surface area contributed by atoms with Gasteiger partial charge in [-0.1, -0.05) is 93.6 Å². The summed E-state index contributed by atoms with van der Waals surface area (Å²) >= 11 is 0. The molecule has 0 aliphatic carbocycles. The van der Waals surface area contributed by atoms with E-state index in [1.165, 1.54) is 0 Å². The van der Waals surface area contributed by atoms with Crippen LogP contribution in [-0.4, -0.2) is 28.9 Å². The van der Waals surface area contributed by atoms with E-state index in [1.54, 1.807) is 19.1 Å². The van der Waals surface area contributed by atoms with Crippen LogP contribution in [0, 0.1) is 17.8 Å². The molecule has 3 rings (SSSR count). The molecule has 0 unspecified atom stereocenters. The van der Waals surface area contributed by atoms with Crippen molar-refractivity contribution in [3.8, 4) is 11.1 Å². The SMILES string of the molecule is CC(C)C[C@H](NC(=O)[C@H](CCc1ccc(-c2ccccc2)cc1)C[C@H](C)C(=O)O)C(=O)Nc1ccccc1. The van der Waals surface area contributed by atoms with Gasteiger partial charge in [-0.2, -0.15) is 0 Å². The third kappa shape index (κ3) is 8.87. The van der Waals surface area contributed by atoms with Crippen molar-refractivity contribution in [2.24, 2.45) is 17.8 Å². The van der Waals surface area contributed by atoms with Gasteiger partial charge in [-0.25, -0.2) is 0 Å². The Labute approximate surface area is 225 Å². The number of nitrogens with one attached hydrogen (secondary N) is 2. The standard InChI is InChI=1S/C32H38N2O4/c1-22(2)20-29(31(36)33-28-12-8-5-9-13-28)34-30(35)27(21-23(3)32(37)38)19-16-24-14-17-26(18-15-24)25-10-6-4-7-11-25/h4-15,17-18,22-23,27,29H,16,19-21H2,1-3H3,(H,33,36)(H,34,35)(H,37,38)/t23-,27+,29-/m0/s1. The van der Waals surface area contributed by atoms with Crippen molar-refractivity contribution in [2.75, 3.05) is 5.32 Å². The smallest absolute Gasteiger partial charge is 0.306 e. The summed E-state index contributed by atoms with van der Waals surface area (Å²) in [6.07, 6.45) is 1.80. The van der Waals surface area contributed by atoms with Gasteiger partial charge in [0.25, 0.3) is 0 Å². The fourth-order valence-electron chi connectivity index (χ4n) is 4.46. The Bertz CT molecular complexity index is 1180. The summed E-state index contributed by atoms with van der Waals surface area (Å²) in [5.74, 6) is -2.52. The Balaban J connectivity index is 1.70. The zero-order valence-corrected chi connectivity index (χ0v) is 22.4. The lowest BCUT2D eigenvalue weighted by Gasteiger charge is -2.24. The predicted octanol–water partition coefficient (Wildman–Crippen LogP) is 6.18. The van der Waals surface area contributed by atoms with Crippen LogP contribution in [0.1, 0.15) is 45.6 Å². The predicted molar refractivity (Wildman–Crippen MR) is 152 cm³/mol. The van der Waals surface area contributed by atoms with Crippen molar-refractivity contribution >= 4 is 23.5 Å². The van der Waals surface area contributed by atoms with Crippen LogP contribution in [0.15, 0.2) is 84.9 Å². The number of amides is 2. The summed E-state index contributed by atoms with van der Waals surface area (Å²) < 4.78 is 0. The van der Waals surface area contributed by atoms with Crippen LogP contribution in [0.25, 0.3) is 11.1 Å². The number of para-hydroxylation sites is 1. The van der Waals surface area contributed by atoms with Crippen molar-refractivity contribution in [1.29, 1.82) is 0 Å². The zero-order valence-electron chi connectivity index (χ0n) is 22.4. The first-order chi connectivity index (χ1) is 18.2. The molecule has 0 radical (unpaired) electrons. The Morgan fingerprint density at radius 3 is 1.89 bits per heavy atom. The minimum Gasteiger partial charge on any atom is -0.481 e. The number of anilines is 1. The Morgan fingerprint density at radius 1 is 0.737 bits per heavy atom. The normalized spacial score (nSPS) is 13.4. The molecule has 0 aromatic heterocycles. The molecule has 2 amide bonds. The minimum absolute atomic E-state index is 0.182. The van der Waals surface area contributed by atoms with Gasteiger partial charge in [0.2, 0.25) is 11.8 Å². The number of carboxylic acids is 1. The number of hydrogen-bond donors (Lipinski definition) is 3. The van der Waals surface area contributed by atoms with E-state index in [0.717, 1.165) is 16.7 Å². The molecule has 0 aliphatic rings. The lowest BCUT2D eigenvalue weighted by molar-refractivity contribution is -0.142. The third-order valence-electron chi connectivity index (χ3n) is 6.65. The molecular weight excluding hydrogens is 476 g/mol.